The van der Waals surface area contributed by atoms with Crippen LogP contribution in [0.15, 0.2) is 133 Å². The van der Waals surface area contributed by atoms with E-state index >= 15 is 0 Å². The second kappa shape index (κ2) is 10.8. The van der Waals surface area contributed by atoms with Crippen molar-refractivity contribution in [2.24, 2.45) is 0 Å². The lowest BCUT2D eigenvalue weighted by molar-refractivity contribution is 1.07. The molecule has 1 heterocycles. The molecular formula is C36H31N3Si. The van der Waals surface area contributed by atoms with Gasteiger partial charge in [0.2, 0.25) is 0 Å². The highest BCUT2D eigenvalue weighted by Gasteiger charge is 2.17. The SMILES string of the molecule is C[Si](C)(C)c1ccc(-c2ccc(-c3ccccc3-c3nc(-c4ccccc4)nc(-c4ccccc4)n3)cc2)cc1. The first kappa shape index (κ1) is 25.6. The fourth-order valence-corrected chi connectivity index (χ4v) is 6.03. The molecule has 0 unspecified atom stereocenters. The molecule has 194 valence electrons. The zero-order valence-electron chi connectivity index (χ0n) is 23.0. The summed E-state index contributed by atoms with van der Waals surface area (Å²) < 4.78 is 0. The van der Waals surface area contributed by atoms with E-state index in [1.807, 2.05) is 66.7 Å². The molecule has 0 N–H and O–H groups in total. The molecule has 0 radical (unpaired) electrons. The highest BCUT2D eigenvalue weighted by atomic mass is 28.3. The van der Waals surface area contributed by atoms with Gasteiger partial charge in [0.15, 0.2) is 17.5 Å². The molecule has 0 aliphatic rings. The van der Waals surface area contributed by atoms with E-state index in [1.54, 1.807) is 0 Å². The van der Waals surface area contributed by atoms with Crippen LogP contribution in [0.4, 0.5) is 0 Å². The minimum atomic E-state index is -1.32. The Balaban J connectivity index is 1.41. The average Bonchev–Trinajstić information content (AvgIpc) is 3.01. The fraction of sp³-hybridized carbons (Fsp3) is 0.0833. The largest absolute Gasteiger partial charge is 0.208 e. The molecule has 0 amide bonds. The third-order valence-corrected chi connectivity index (χ3v) is 9.21. The Morgan fingerprint density at radius 2 is 0.750 bits per heavy atom. The van der Waals surface area contributed by atoms with Crippen LogP contribution in [0.25, 0.3) is 56.4 Å². The van der Waals surface area contributed by atoms with Crippen molar-refractivity contribution >= 4 is 13.3 Å². The molecule has 0 saturated carbocycles. The molecule has 0 spiro atoms. The first-order valence-electron chi connectivity index (χ1n) is 13.6. The minimum Gasteiger partial charge on any atom is -0.208 e. The molecule has 0 aliphatic heterocycles. The first-order chi connectivity index (χ1) is 19.5. The van der Waals surface area contributed by atoms with E-state index in [0.717, 1.165) is 27.8 Å². The van der Waals surface area contributed by atoms with Crippen molar-refractivity contribution in [3.05, 3.63) is 133 Å². The van der Waals surface area contributed by atoms with Crippen LogP contribution in [0.1, 0.15) is 0 Å². The molecule has 4 heteroatoms. The number of benzene rings is 5. The molecule has 0 saturated heterocycles. The van der Waals surface area contributed by atoms with Gasteiger partial charge in [-0.3, -0.25) is 0 Å². The Hall–Kier alpha value is -4.67. The summed E-state index contributed by atoms with van der Waals surface area (Å²) in [6.07, 6.45) is 0. The molecule has 40 heavy (non-hydrogen) atoms. The molecule has 0 bridgehead atoms. The summed E-state index contributed by atoms with van der Waals surface area (Å²) in [7, 11) is -1.32. The zero-order valence-corrected chi connectivity index (χ0v) is 24.0. The van der Waals surface area contributed by atoms with Crippen molar-refractivity contribution in [1.29, 1.82) is 0 Å². The van der Waals surface area contributed by atoms with Gasteiger partial charge in [0.25, 0.3) is 0 Å². The van der Waals surface area contributed by atoms with E-state index in [9.17, 15) is 0 Å². The lowest BCUT2D eigenvalue weighted by Crippen LogP contribution is -2.37. The highest BCUT2D eigenvalue weighted by Crippen LogP contribution is 2.33. The summed E-state index contributed by atoms with van der Waals surface area (Å²) in [5.74, 6) is 1.99. The number of rotatable bonds is 6. The van der Waals surface area contributed by atoms with Crippen LogP contribution >= 0.6 is 0 Å². The van der Waals surface area contributed by atoms with Gasteiger partial charge in [-0.1, -0.05) is 158 Å². The normalized spacial score (nSPS) is 11.4. The minimum absolute atomic E-state index is 0.661. The zero-order chi connectivity index (χ0) is 27.5. The molecule has 0 aliphatic carbocycles. The smallest absolute Gasteiger partial charge is 0.164 e. The molecule has 3 nitrogen and oxygen atoms in total. The van der Waals surface area contributed by atoms with Crippen LogP contribution < -0.4 is 5.19 Å². The quantitative estimate of drug-likeness (QED) is 0.201. The van der Waals surface area contributed by atoms with E-state index in [0.29, 0.717) is 17.5 Å². The first-order valence-corrected chi connectivity index (χ1v) is 17.1. The van der Waals surface area contributed by atoms with Crippen LogP contribution in [0, 0.1) is 0 Å². The van der Waals surface area contributed by atoms with E-state index in [4.69, 9.17) is 15.0 Å². The van der Waals surface area contributed by atoms with Crippen LogP contribution in [0.3, 0.4) is 0 Å². The maximum absolute atomic E-state index is 4.96. The van der Waals surface area contributed by atoms with E-state index < -0.39 is 8.07 Å². The third-order valence-electron chi connectivity index (χ3n) is 7.15. The number of nitrogens with zero attached hydrogens (tertiary/aromatic N) is 3. The summed E-state index contributed by atoms with van der Waals surface area (Å²) in [6.45, 7) is 7.14. The van der Waals surface area contributed by atoms with E-state index in [-0.39, 0.29) is 0 Å². The molecule has 6 aromatic rings. The summed E-state index contributed by atoms with van der Waals surface area (Å²) in [6, 6.07) is 46.4. The van der Waals surface area contributed by atoms with Crippen molar-refractivity contribution in [3.8, 4) is 56.4 Å². The Bertz CT molecular complexity index is 1680. The lowest BCUT2D eigenvalue weighted by Gasteiger charge is -2.17. The Kier molecular flexibility index (Phi) is 6.93. The van der Waals surface area contributed by atoms with Gasteiger partial charge in [0.05, 0.1) is 8.07 Å². The fourth-order valence-electron chi connectivity index (χ4n) is 4.86. The van der Waals surface area contributed by atoms with Crippen molar-refractivity contribution in [1.82, 2.24) is 15.0 Å². The van der Waals surface area contributed by atoms with Gasteiger partial charge in [0.1, 0.15) is 0 Å². The summed E-state index contributed by atoms with van der Waals surface area (Å²) in [4.78, 5) is 14.8. The molecule has 6 rings (SSSR count). The van der Waals surface area contributed by atoms with Crippen molar-refractivity contribution < 1.29 is 0 Å². The molecule has 0 fully saturated rings. The van der Waals surface area contributed by atoms with Crippen molar-refractivity contribution in [3.63, 3.8) is 0 Å². The van der Waals surface area contributed by atoms with Gasteiger partial charge < -0.3 is 0 Å². The van der Waals surface area contributed by atoms with Gasteiger partial charge >= 0.3 is 0 Å². The molecule has 5 aromatic carbocycles. The average molecular weight is 534 g/mol. The summed E-state index contributed by atoms with van der Waals surface area (Å²) in [5.41, 5.74) is 7.57. The molecule has 1 aromatic heterocycles. The van der Waals surface area contributed by atoms with Crippen LogP contribution in [-0.2, 0) is 0 Å². The van der Waals surface area contributed by atoms with E-state index in [2.05, 4.69) is 86.4 Å². The summed E-state index contributed by atoms with van der Waals surface area (Å²) in [5, 5.41) is 1.48. The van der Waals surface area contributed by atoms with Crippen LogP contribution in [0.5, 0.6) is 0 Å². The predicted octanol–water partition coefficient (Wildman–Crippen LogP) is 8.75. The van der Waals surface area contributed by atoms with E-state index in [1.165, 1.54) is 16.3 Å². The highest BCUT2D eigenvalue weighted by molar-refractivity contribution is 6.88. The Morgan fingerprint density at radius 3 is 1.25 bits per heavy atom. The number of hydrogen-bond donors (Lipinski definition) is 0. The second-order valence-corrected chi connectivity index (χ2v) is 16.1. The number of hydrogen-bond acceptors (Lipinski definition) is 3. The molecule has 0 atom stereocenters. The Morgan fingerprint density at radius 1 is 0.350 bits per heavy atom. The van der Waals surface area contributed by atoms with Crippen molar-refractivity contribution in [2.75, 3.05) is 0 Å². The maximum atomic E-state index is 4.96. The molecular weight excluding hydrogens is 503 g/mol. The second-order valence-electron chi connectivity index (χ2n) is 11.0. The van der Waals surface area contributed by atoms with Gasteiger partial charge in [-0.2, -0.15) is 0 Å². The topological polar surface area (TPSA) is 38.7 Å². The number of aromatic nitrogens is 3. The Labute approximate surface area is 237 Å². The van der Waals surface area contributed by atoms with Gasteiger partial charge in [0, 0.05) is 16.7 Å². The van der Waals surface area contributed by atoms with Gasteiger partial charge in [-0.05, 0) is 22.3 Å². The van der Waals surface area contributed by atoms with Crippen molar-refractivity contribution in [2.45, 2.75) is 19.6 Å². The standard InChI is InChI=1S/C36H31N3Si/c1-40(2,3)31-24-22-27(23-25-31)26-18-20-28(21-19-26)32-16-10-11-17-33(32)36-38-34(29-12-6-4-7-13-29)37-35(39-36)30-14-8-5-9-15-30/h4-25H,1-3H3. The third kappa shape index (κ3) is 5.40. The maximum Gasteiger partial charge on any atom is 0.164 e. The van der Waals surface area contributed by atoms with Gasteiger partial charge in [-0.25, -0.2) is 15.0 Å². The van der Waals surface area contributed by atoms with Crippen LogP contribution in [0.2, 0.25) is 19.6 Å². The summed E-state index contributed by atoms with van der Waals surface area (Å²) >= 11 is 0. The van der Waals surface area contributed by atoms with Crippen LogP contribution in [-0.4, -0.2) is 23.0 Å². The monoisotopic (exact) mass is 533 g/mol. The van der Waals surface area contributed by atoms with Gasteiger partial charge in [-0.15, -0.1) is 0 Å². The predicted molar refractivity (Wildman–Crippen MR) is 170 cm³/mol. The lowest BCUT2D eigenvalue weighted by atomic mass is 9.96.